The van der Waals surface area contributed by atoms with Crippen LogP contribution in [-0.4, -0.2) is 14.3 Å². The van der Waals surface area contributed by atoms with Gasteiger partial charge in [-0.05, 0) is 48.6 Å². The fourth-order valence-corrected chi connectivity index (χ4v) is 5.55. The zero-order valence-corrected chi connectivity index (χ0v) is 16.9. The maximum Gasteiger partial charge on any atom is 0.265 e. The monoisotopic (exact) mass is 431 g/mol. The molecule has 1 atom stereocenters. The molecular formula is C18H16Cl3NO3S. The highest BCUT2D eigenvalue weighted by Gasteiger charge is 2.45. The first-order valence-electron chi connectivity index (χ1n) is 8.02. The zero-order chi connectivity index (χ0) is 19.1. The molecule has 0 bridgehead atoms. The third-order valence-corrected chi connectivity index (χ3v) is 7.57. The van der Waals surface area contributed by atoms with Crippen LogP contribution in [0.25, 0.3) is 0 Å². The minimum atomic E-state index is -4.16. The topological polar surface area (TPSA) is 63.2 Å². The summed E-state index contributed by atoms with van der Waals surface area (Å²) in [5, 5.41) is 0.575. The van der Waals surface area contributed by atoms with Gasteiger partial charge in [-0.3, -0.25) is 4.79 Å². The molecule has 0 radical (unpaired) electrons. The van der Waals surface area contributed by atoms with E-state index in [4.69, 9.17) is 34.8 Å². The number of fused-ring (bicyclic) bond motifs is 1. The molecule has 0 saturated carbocycles. The summed E-state index contributed by atoms with van der Waals surface area (Å²) in [5.41, 5.74) is 0.722. The molecule has 1 unspecified atom stereocenters. The minimum Gasteiger partial charge on any atom is -0.273 e. The highest BCUT2D eigenvalue weighted by molar-refractivity contribution is 7.90. The van der Waals surface area contributed by atoms with Gasteiger partial charge in [0.05, 0.1) is 15.5 Å². The second-order valence-electron chi connectivity index (χ2n) is 6.19. The molecule has 26 heavy (non-hydrogen) atoms. The van der Waals surface area contributed by atoms with Crippen LogP contribution < -0.4 is 4.72 Å². The predicted octanol–water partition coefficient (Wildman–Crippen LogP) is 4.75. The number of carbonyl (C=O) groups excluding carboxylic acids is 1. The summed E-state index contributed by atoms with van der Waals surface area (Å²) in [6, 6.07) is 9.62. The van der Waals surface area contributed by atoms with Crippen LogP contribution in [0.15, 0.2) is 41.3 Å². The van der Waals surface area contributed by atoms with Crippen LogP contribution in [0.4, 0.5) is 0 Å². The van der Waals surface area contributed by atoms with Gasteiger partial charge >= 0.3 is 0 Å². The first kappa shape index (κ1) is 19.5. The molecule has 1 aliphatic carbocycles. The molecule has 8 heteroatoms. The molecule has 0 spiro atoms. The second kappa shape index (κ2) is 7.04. The summed E-state index contributed by atoms with van der Waals surface area (Å²) in [7, 11) is -4.16. The van der Waals surface area contributed by atoms with Crippen LogP contribution >= 0.6 is 34.8 Å². The van der Waals surface area contributed by atoms with Crippen molar-refractivity contribution in [3.8, 4) is 0 Å². The Balaban J connectivity index is 2.00. The number of hydrogen-bond donors (Lipinski definition) is 1. The Morgan fingerprint density at radius 1 is 1.12 bits per heavy atom. The molecule has 2 aromatic rings. The van der Waals surface area contributed by atoms with Gasteiger partial charge in [0, 0.05) is 5.02 Å². The average molecular weight is 433 g/mol. The third-order valence-electron chi connectivity index (χ3n) is 4.91. The van der Waals surface area contributed by atoms with Crippen molar-refractivity contribution in [2.75, 3.05) is 0 Å². The lowest BCUT2D eigenvalue weighted by Gasteiger charge is -2.27. The number of carbonyl (C=O) groups is 1. The van der Waals surface area contributed by atoms with Crippen LogP contribution in [0.1, 0.15) is 30.9 Å². The Morgan fingerprint density at radius 3 is 2.46 bits per heavy atom. The Kier molecular flexibility index (Phi) is 5.28. The molecule has 1 N–H and O–H groups in total. The summed E-state index contributed by atoms with van der Waals surface area (Å²) in [6.45, 7) is 1.86. The zero-order valence-electron chi connectivity index (χ0n) is 13.9. The van der Waals surface area contributed by atoms with Crippen LogP contribution in [0.3, 0.4) is 0 Å². The number of benzene rings is 2. The number of amides is 1. The quantitative estimate of drug-likeness (QED) is 0.758. The fraction of sp³-hybridized carbons (Fsp3) is 0.278. The first-order valence-corrected chi connectivity index (χ1v) is 10.6. The van der Waals surface area contributed by atoms with Crippen molar-refractivity contribution in [2.45, 2.75) is 36.5 Å². The molecule has 0 aromatic heterocycles. The highest BCUT2D eigenvalue weighted by Crippen LogP contribution is 2.44. The van der Waals surface area contributed by atoms with E-state index in [0.29, 0.717) is 24.3 Å². The molecular weight excluding hydrogens is 417 g/mol. The van der Waals surface area contributed by atoms with E-state index in [-0.39, 0.29) is 14.9 Å². The van der Waals surface area contributed by atoms with Crippen molar-refractivity contribution in [1.29, 1.82) is 0 Å². The second-order valence-corrected chi connectivity index (χ2v) is 9.03. The number of sulfonamides is 1. The summed E-state index contributed by atoms with van der Waals surface area (Å²) in [6.07, 6.45) is 1.56. The maximum atomic E-state index is 13.0. The highest BCUT2D eigenvalue weighted by atomic mass is 35.5. The first-order chi connectivity index (χ1) is 12.2. The Bertz CT molecular complexity index is 991. The van der Waals surface area contributed by atoms with Crippen molar-refractivity contribution in [1.82, 2.24) is 4.72 Å². The van der Waals surface area contributed by atoms with Gasteiger partial charge in [0.2, 0.25) is 5.91 Å². The molecule has 2 aromatic carbocycles. The molecule has 3 rings (SSSR count). The Hall–Kier alpha value is -1.27. The lowest BCUT2D eigenvalue weighted by atomic mass is 9.79. The molecule has 0 aliphatic heterocycles. The average Bonchev–Trinajstić information content (AvgIpc) is 2.98. The normalized spacial score (nSPS) is 19.2. The number of rotatable bonds is 4. The van der Waals surface area contributed by atoms with Crippen LogP contribution in [0, 0.1) is 0 Å². The summed E-state index contributed by atoms with van der Waals surface area (Å²) in [4.78, 5) is 12.8. The van der Waals surface area contributed by atoms with E-state index in [2.05, 4.69) is 4.72 Å². The summed E-state index contributed by atoms with van der Waals surface area (Å²) in [5.74, 6) is -0.586. The van der Waals surface area contributed by atoms with Gasteiger partial charge < -0.3 is 0 Å². The molecule has 0 fully saturated rings. The van der Waals surface area contributed by atoms with E-state index < -0.39 is 21.3 Å². The standard InChI is InChI=1S/C18H16Cl3NO3S/c1-2-18(10-9-11-12(18)5-3-6-13(11)19)17(23)22-26(24,25)15-8-4-7-14(20)16(15)21/h3-8H,2,9-10H2,1H3,(H,22,23). The predicted molar refractivity (Wildman–Crippen MR) is 104 cm³/mol. The molecule has 1 amide bonds. The molecule has 0 heterocycles. The van der Waals surface area contributed by atoms with Gasteiger partial charge in [0.25, 0.3) is 10.0 Å². The van der Waals surface area contributed by atoms with Gasteiger partial charge in [-0.1, -0.05) is 59.9 Å². The van der Waals surface area contributed by atoms with Gasteiger partial charge in [0.15, 0.2) is 0 Å². The van der Waals surface area contributed by atoms with Gasteiger partial charge in [-0.25, -0.2) is 13.1 Å². The van der Waals surface area contributed by atoms with E-state index in [1.807, 2.05) is 13.0 Å². The fourth-order valence-electron chi connectivity index (χ4n) is 3.46. The van der Waals surface area contributed by atoms with E-state index in [1.165, 1.54) is 18.2 Å². The van der Waals surface area contributed by atoms with Crippen molar-refractivity contribution in [3.63, 3.8) is 0 Å². The summed E-state index contributed by atoms with van der Waals surface area (Å²) < 4.78 is 27.6. The van der Waals surface area contributed by atoms with Crippen molar-refractivity contribution < 1.29 is 13.2 Å². The van der Waals surface area contributed by atoms with Gasteiger partial charge in [-0.2, -0.15) is 0 Å². The molecule has 138 valence electrons. The van der Waals surface area contributed by atoms with E-state index in [0.717, 1.165) is 11.1 Å². The smallest absolute Gasteiger partial charge is 0.265 e. The summed E-state index contributed by atoms with van der Waals surface area (Å²) >= 11 is 18.2. The van der Waals surface area contributed by atoms with Gasteiger partial charge in [-0.15, -0.1) is 0 Å². The van der Waals surface area contributed by atoms with Crippen LogP contribution in [-0.2, 0) is 26.7 Å². The lowest BCUT2D eigenvalue weighted by molar-refractivity contribution is -0.125. The largest absolute Gasteiger partial charge is 0.273 e. The Labute approximate surface area is 167 Å². The van der Waals surface area contributed by atoms with E-state index in [9.17, 15) is 13.2 Å². The van der Waals surface area contributed by atoms with Gasteiger partial charge in [0.1, 0.15) is 4.90 Å². The Morgan fingerprint density at radius 2 is 1.77 bits per heavy atom. The molecule has 4 nitrogen and oxygen atoms in total. The third kappa shape index (κ3) is 3.11. The van der Waals surface area contributed by atoms with Crippen LogP contribution in [0.5, 0.6) is 0 Å². The molecule has 0 saturated heterocycles. The van der Waals surface area contributed by atoms with E-state index in [1.54, 1.807) is 12.1 Å². The number of nitrogens with one attached hydrogen (secondary N) is 1. The van der Waals surface area contributed by atoms with Crippen molar-refractivity contribution in [2.24, 2.45) is 0 Å². The molecule has 1 aliphatic rings. The minimum absolute atomic E-state index is 0.102. The van der Waals surface area contributed by atoms with Crippen molar-refractivity contribution in [3.05, 3.63) is 62.6 Å². The van der Waals surface area contributed by atoms with E-state index >= 15 is 0 Å². The van der Waals surface area contributed by atoms with Crippen molar-refractivity contribution >= 4 is 50.7 Å². The maximum absolute atomic E-state index is 13.0. The number of hydrogen-bond acceptors (Lipinski definition) is 3. The SMILES string of the molecule is CCC1(C(=O)NS(=O)(=O)c2cccc(Cl)c2Cl)CCc2c(Cl)cccc21. The van der Waals surface area contributed by atoms with Crippen LogP contribution in [0.2, 0.25) is 15.1 Å². The number of halogens is 3. The lowest BCUT2D eigenvalue weighted by Crippen LogP contribution is -2.45.